The van der Waals surface area contributed by atoms with Gasteiger partial charge >= 0.3 is 5.97 Å². The average Bonchev–Trinajstić information content (AvgIpc) is 2.36. The first kappa shape index (κ1) is 13.5. The molecular weight excluding hydrogens is 244 g/mol. The highest BCUT2D eigenvalue weighted by Crippen LogP contribution is 2.26. The number of hydrogen-bond acceptors (Lipinski definition) is 3. The summed E-state index contributed by atoms with van der Waals surface area (Å²) in [6.45, 7) is 2.63. The maximum absolute atomic E-state index is 12.1. The van der Waals surface area contributed by atoms with Gasteiger partial charge in [-0.3, -0.25) is 9.59 Å². The maximum atomic E-state index is 12.1. The quantitative estimate of drug-likeness (QED) is 0.843. The summed E-state index contributed by atoms with van der Waals surface area (Å²) in [5.41, 5.74) is 6.70. The van der Waals surface area contributed by atoms with Crippen molar-refractivity contribution < 1.29 is 14.7 Å². The van der Waals surface area contributed by atoms with Crippen molar-refractivity contribution in [3.05, 3.63) is 35.9 Å². The number of carboxylic acids is 1. The van der Waals surface area contributed by atoms with Gasteiger partial charge in [0.2, 0.25) is 5.91 Å². The van der Waals surface area contributed by atoms with Crippen molar-refractivity contribution in [3.63, 3.8) is 0 Å². The molecule has 0 spiro atoms. The summed E-state index contributed by atoms with van der Waals surface area (Å²) >= 11 is 0. The van der Waals surface area contributed by atoms with Crippen LogP contribution in [0.2, 0.25) is 0 Å². The first-order valence-electron chi connectivity index (χ1n) is 6.33. The van der Waals surface area contributed by atoms with Crippen molar-refractivity contribution in [3.8, 4) is 0 Å². The first-order chi connectivity index (χ1) is 9.00. The van der Waals surface area contributed by atoms with Crippen LogP contribution in [0.1, 0.15) is 18.5 Å². The number of benzene rings is 1. The maximum Gasteiger partial charge on any atom is 0.306 e. The fourth-order valence-corrected chi connectivity index (χ4v) is 2.21. The highest BCUT2D eigenvalue weighted by Gasteiger charge is 2.38. The molecule has 2 atom stereocenters. The molecule has 5 nitrogen and oxygen atoms in total. The van der Waals surface area contributed by atoms with E-state index in [4.69, 9.17) is 10.8 Å². The Labute approximate surface area is 112 Å². The van der Waals surface area contributed by atoms with Gasteiger partial charge in [-0.2, -0.15) is 0 Å². The molecule has 0 radical (unpaired) electrons. The van der Waals surface area contributed by atoms with E-state index >= 15 is 0 Å². The normalized spacial score (nSPS) is 18.5. The number of carbonyl (C=O) groups excluding carboxylic acids is 1. The third-order valence-electron chi connectivity index (χ3n) is 3.74. The Bertz CT molecular complexity index is 469. The van der Waals surface area contributed by atoms with Gasteiger partial charge in [-0.05, 0) is 5.56 Å². The SMILES string of the molecule is CC(C(=O)O)C1CN(C(=O)[C@@H](N)c2ccccc2)C1. The third kappa shape index (κ3) is 2.76. The standard InChI is InChI=1S/C14H18N2O3/c1-9(14(18)19)11-7-16(8-11)13(17)12(15)10-5-3-2-4-6-10/h2-6,9,11-12H,7-8,15H2,1H3,(H,18,19)/t9?,12-/m0/s1. The van der Waals surface area contributed by atoms with Crippen LogP contribution in [-0.2, 0) is 9.59 Å². The molecule has 102 valence electrons. The Hall–Kier alpha value is -1.88. The molecule has 5 heteroatoms. The van der Waals surface area contributed by atoms with Gasteiger partial charge in [0.15, 0.2) is 0 Å². The summed E-state index contributed by atoms with van der Waals surface area (Å²) in [6, 6.07) is 8.53. The minimum Gasteiger partial charge on any atom is -0.481 e. The van der Waals surface area contributed by atoms with Crippen LogP contribution in [0.5, 0.6) is 0 Å². The second-order valence-corrected chi connectivity index (χ2v) is 5.02. The molecule has 1 aromatic rings. The molecule has 1 aromatic carbocycles. The van der Waals surface area contributed by atoms with Crippen LogP contribution in [0.4, 0.5) is 0 Å². The van der Waals surface area contributed by atoms with E-state index in [9.17, 15) is 9.59 Å². The van der Waals surface area contributed by atoms with E-state index in [2.05, 4.69) is 0 Å². The predicted molar refractivity (Wildman–Crippen MR) is 70.2 cm³/mol. The number of aliphatic carboxylic acids is 1. The largest absolute Gasteiger partial charge is 0.481 e. The molecule has 1 unspecified atom stereocenters. The summed E-state index contributed by atoms with van der Waals surface area (Å²) in [4.78, 5) is 24.6. The molecule has 3 N–H and O–H groups in total. The molecular formula is C14H18N2O3. The monoisotopic (exact) mass is 262 g/mol. The second kappa shape index (κ2) is 5.40. The minimum absolute atomic E-state index is 0.0319. The lowest BCUT2D eigenvalue weighted by Gasteiger charge is -2.42. The van der Waals surface area contributed by atoms with Crippen LogP contribution in [0.3, 0.4) is 0 Å². The molecule has 0 aliphatic carbocycles. The van der Waals surface area contributed by atoms with Crippen LogP contribution < -0.4 is 5.73 Å². The molecule has 1 fully saturated rings. The van der Waals surface area contributed by atoms with Crippen molar-refractivity contribution in [2.75, 3.05) is 13.1 Å². The van der Waals surface area contributed by atoms with E-state index in [0.29, 0.717) is 13.1 Å². The zero-order valence-electron chi connectivity index (χ0n) is 10.8. The lowest BCUT2D eigenvalue weighted by molar-refractivity contribution is -0.151. The highest BCUT2D eigenvalue weighted by molar-refractivity contribution is 5.84. The zero-order valence-corrected chi connectivity index (χ0v) is 10.8. The van der Waals surface area contributed by atoms with Gasteiger partial charge in [-0.1, -0.05) is 37.3 Å². The lowest BCUT2D eigenvalue weighted by atomic mass is 9.86. The molecule has 1 saturated heterocycles. The number of carbonyl (C=O) groups is 2. The van der Waals surface area contributed by atoms with Gasteiger partial charge in [-0.15, -0.1) is 0 Å². The smallest absolute Gasteiger partial charge is 0.306 e. The van der Waals surface area contributed by atoms with Gasteiger partial charge in [0.05, 0.1) is 5.92 Å². The number of rotatable bonds is 4. The molecule has 1 amide bonds. The lowest BCUT2D eigenvalue weighted by Crippen LogP contribution is -2.55. The number of likely N-dealkylation sites (tertiary alicyclic amines) is 1. The Balaban J connectivity index is 1.92. The van der Waals surface area contributed by atoms with Crippen LogP contribution >= 0.6 is 0 Å². The first-order valence-corrected chi connectivity index (χ1v) is 6.33. The molecule has 0 bridgehead atoms. The Kier molecular flexibility index (Phi) is 3.85. The van der Waals surface area contributed by atoms with E-state index in [1.54, 1.807) is 11.8 Å². The second-order valence-electron chi connectivity index (χ2n) is 5.02. The predicted octanol–water partition coefficient (Wildman–Crippen LogP) is 0.865. The van der Waals surface area contributed by atoms with Crippen molar-refractivity contribution in [1.29, 1.82) is 0 Å². The number of carboxylic acid groups (broad SMARTS) is 1. The van der Waals surface area contributed by atoms with Crippen LogP contribution in [0.25, 0.3) is 0 Å². The Morgan fingerprint density at radius 1 is 1.32 bits per heavy atom. The summed E-state index contributed by atoms with van der Waals surface area (Å²) in [7, 11) is 0. The number of amides is 1. The molecule has 2 rings (SSSR count). The fourth-order valence-electron chi connectivity index (χ4n) is 2.21. The Morgan fingerprint density at radius 2 is 1.89 bits per heavy atom. The molecule has 0 saturated carbocycles. The molecule has 1 aliphatic heterocycles. The molecule has 19 heavy (non-hydrogen) atoms. The number of hydrogen-bond donors (Lipinski definition) is 2. The number of nitrogens with zero attached hydrogens (tertiary/aromatic N) is 1. The highest BCUT2D eigenvalue weighted by atomic mass is 16.4. The van der Waals surface area contributed by atoms with Crippen molar-refractivity contribution in [2.24, 2.45) is 17.6 Å². The van der Waals surface area contributed by atoms with E-state index in [1.165, 1.54) is 0 Å². The van der Waals surface area contributed by atoms with Crippen molar-refractivity contribution in [1.82, 2.24) is 4.90 Å². The summed E-state index contributed by atoms with van der Waals surface area (Å²) in [5, 5.41) is 8.90. The van der Waals surface area contributed by atoms with Gasteiger partial charge in [-0.25, -0.2) is 0 Å². The van der Waals surface area contributed by atoms with Crippen LogP contribution in [-0.4, -0.2) is 35.0 Å². The van der Waals surface area contributed by atoms with Crippen molar-refractivity contribution >= 4 is 11.9 Å². The summed E-state index contributed by atoms with van der Waals surface area (Å²) in [5.74, 6) is -1.34. The van der Waals surface area contributed by atoms with E-state index in [1.807, 2.05) is 30.3 Å². The van der Waals surface area contributed by atoms with Gasteiger partial charge in [0.1, 0.15) is 6.04 Å². The fraction of sp³-hybridized carbons (Fsp3) is 0.429. The van der Waals surface area contributed by atoms with Crippen molar-refractivity contribution in [2.45, 2.75) is 13.0 Å². The average molecular weight is 262 g/mol. The summed E-state index contributed by atoms with van der Waals surface area (Å²) < 4.78 is 0. The molecule has 1 aliphatic rings. The van der Waals surface area contributed by atoms with E-state index in [-0.39, 0.29) is 11.8 Å². The van der Waals surface area contributed by atoms with Gasteiger partial charge in [0, 0.05) is 19.0 Å². The number of nitrogens with two attached hydrogens (primary N) is 1. The topological polar surface area (TPSA) is 83.6 Å². The summed E-state index contributed by atoms with van der Waals surface area (Å²) in [6.07, 6.45) is 0. The molecule has 0 aromatic heterocycles. The van der Waals surface area contributed by atoms with Gasteiger partial charge in [0.25, 0.3) is 0 Å². The minimum atomic E-state index is -0.815. The molecule has 1 heterocycles. The third-order valence-corrected chi connectivity index (χ3v) is 3.74. The Morgan fingerprint density at radius 3 is 2.42 bits per heavy atom. The van der Waals surface area contributed by atoms with E-state index < -0.39 is 17.9 Å². The van der Waals surface area contributed by atoms with E-state index in [0.717, 1.165) is 5.56 Å². The van der Waals surface area contributed by atoms with Gasteiger partial charge < -0.3 is 15.7 Å². The van der Waals surface area contributed by atoms with Crippen LogP contribution in [0, 0.1) is 11.8 Å². The van der Waals surface area contributed by atoms with Crippen LogP contribution in [0.15, 0.2) is 30.3 Å². The zero-order chi connectivity index (χ0) is 14.0.